The van der Waals surface area contributed by atoms with E-state index >= 15 is 0 Å². The largest absolute Gasteiger partial charge is 0.493 e. The highest BCUT2D eigenvalue weighted by molar-refractivity contribution is 5.82. The second kappa shape index (κ2) is 33.0. The van der Waals surface area contributed by atoms with Crippen molar-refractivity contribution in [3.05, 3.63) is 99.6 Å². The molecule has 1 aliphatic rings. The molecule has 2 nitrogen and oxygen atoms in total. The number of allylic oxidation sites excluding steroid dienone is 4. The van der Waals surface area contributed by atoms with Crippen LogP contribution in [0, 0.1) is 0 Å². The molecule has 0 saturated heterocycles. The van der Waals surface area contributed by atoms with E-state index in [-0.39, 0.29) is 0 Å². The van der Waals surface area contributed by atoms with Gasteiger partial charge in [-0.2, -0.15) is 0 Å². The molecule has 0 aromatic heterocycles. The highest BCUT2D eigenvalue weighted by atomic mass is 15.2. The van der Waals surface area contributed by atoms with Gasteiger partial charge in [0, 0.05) is 22.3 Å². The molecule has 1 heterocycles. The van der Waals surface area contributed by atoms with E-state index in [0.717, 1.165) is 49.1 Å². The second-order valence-corrected chi connectivity index (χ2v) is 18.0. The van der Waals surface area contributed by atoms with Crippen LogP contribution in [0.1, 0.15) is 255 Å². The van der Waals surface area contributed by atoms with Gasteiger partial charge in [0.2, 0.25) is 11.4 Å². The van der Waals surface area contributed by atoms with Gasteiger partial charge in [-0.3, -0.25) is 0 Å². The van der Waals surface area contributed by atoms with Gasteiger partial charge >= 0.3 is 0 Å². The van der Waals surface area contributed by atoms with Crippen molar-refractivity contribution in [1.29, 1.82) is 0 Å². The van der Waals surface area contributed by atoms with E-state index in [1.165, 1.54) is 219 Å². The summed E-state index contributed by atoms with van der Waals surface area (Å²) in [6.45, 7) is 9.08. The van der Waals surface area contributed by atoms with Crippen molar-refractivity contribution in [3.63, 3.8) is 0 Å². The van der Waals surface area contributed by atoms with Gasteiger partial charge in [0.1, 0.15) is 0 Å². The smallest absolute Gasteiger partial charge is 0.211 e. The summed E-state index contributed by atoms with van der Waals surface area (Å²) in [6, 6.07) is 17.8. The van der Waals surface area contributed by atoms with Gasteiger partial charge in [0.05, 0.1) is 0 Å². The average Bonchev–Trinajstić information content (AvgIpc) is 3.48. The zero-order valence-corrected chi connectivity index (χ0v) is 38.7. The van der Waals surface area contributed by atoms with E-state index in [9.17, 15) is 5.53 Å². The van der Waals surface area contributed by atoms with Gasteiger partial charge < -0.3 is 5.53 Å². The fourth-order valence-corrected chi connectivity index (χ4v) is 9.09. The molecule has 2 heteroatoms. The summed E-state index contributed by atoms with van der Waals surface area (Å²) < 4.78 is 1.53. The van der Waals surface area contributed by atoms with E-state index in [1.807, 2.05) is 0 Å². The molecular formula is C56H90N2. The molecule has 58 heavy (non-hydrogen) atoms. The quantitative estimate of drug-likeness (QED) is 0.0370. The minimum atomic E-state index is 0.974. The predicted molar refractivity (Wildman–Crippen MR) is 257 cm³/mol. The second-order valence-electron chi connectivity index (χ2n) is 18.0. The molecule has 3 rings (SSSR count). The molecule has 1 aliphatic heterocycles. The fraction of sp³-hybridized carbons (Fsp3) is 0.679. The number of unbranched alkanes of at least 4 members (excludes halogenated alkanes) is 27. The summed E-state index contributed by atoms with van der Waals surface area (Å²) in [5.74, 6) is 0. The van der Waals surface area contributed by atoms with Crippen molar-refractivity contribution in [2.45, 2.75) is 246 Å². The molecule has 0 fully saturated rings. The van der Waals surface area contributed by atoms with Gasteiger partial charge in [-0.25, -0.2) is 4.70 Å². The first-order valence-corrected chi connectivity index (χ1v) is 25.4. The van der Waals surface area contributed by atoms with Crippen LogP contribution >= 0.6 is 0 Å². The van der Waals surface area contributed by atoms with Gasteiger partial charge in [-0.15, -0.1) is 0 Å². The third-order valence-corrected chi connectivity index (χ3v) is 12.8. The van der Waals surface area contributed by atoms with E-state index in [2.05, 4.69) is 88.4 Å². The van der Waals surface area contributed by atoms with Crippen molar-refractivity contribution in [2.75, 3.05) is 0 Å². The number of hydrogen-bond acceptors (Lipinski definition) is 0. The molecule has 0 atom stereocenters. The van der Waals surface area contributed by atoms with Crippen molar-refractivity contribution in [2.24, 2.45) is 0 Å². The molecule has 2 aromatic carbocycles. The molecular weight excluding hydrogens is 701 g/mol. The summed E-state index contributed by atoms with van der Waals surface area (Å²) in [6.07, 6.45) is 50.5. The lowest BCUT2D eigenvalue weighted by Gasteiger charge is -2.13. The Balaban J connectivity index is 1.30. The van der Waals surface area contributed by atoms with Crippen molar-refractivity contribution >= 4 is 11.4 Å². The highest BCUT2D eigenvalue weighted by Crippen LogP contribution is 2.43. The maximum absolute atomic E-state index is 11.9. The van der Waals surface area contributed by atoms with E-state index < -0.39 is 0 Å². The van der Waals surface area contributed by atoms with E-state index in [4.69, 9.17) is 0 Å². The summed E-state index contributed by atoms with van der Waals surface area (Å²) in [7, 11) is 0. The Labute approximate surface area is 360 Å². The normalized spacial score (nSPS) is 13.3. The number of benzene rings is 2. The Hall–Kier alpha value is -2.74. The third-order valence-electron chi connectivity index (χ3n) is 12.8. The average molecular weight is 791 g/mol. The van der Waals surface area contributed by atoms with Crippen molar-refractivity contribution in [3.8, 4) is 0 Å². The summed E-state index contributed by atoms with van der Waals surface area (Å²) in [4.78, 5) is 0. The minimum absolute atomic E-state index is 0.974. The number of aryl methyl sites for hydroxylation is 2. The molecule has 0 saturated carbocycles. The van der Waals surface area contributed by atoms with Crippen molar-refractivity contribution < 1.29 is 4.70 Å². The molecule has 0 unspecified atom stereocenters. The molecule has 0 amide bonds. The number of rotatable bonds is 37. The zero-order chi connectivity index (χ0) is 41.3. The molecule has 0 spiro atoms. The number of nitrogens with zero attached hydrogens (tertiary/aromatic N) is 2. The van der Waals surface area contributed by atoms with Crippen LogP contribution in [0.3, 0.4) is 0 Å². The van der Waals surface area contributed by atoms with Crippen molar-refractivity contribution in [1.82, 2.24) is 0 Å². The van der Waals surface area contributed by atoms with Crippen LogP contribution in [0.25, 0.3) is 16.9 Å². The van der Waals surface area contributed by atoms with Crippen LogP contribution < -0.4 is 0 Å². The Morgan fingerprint density at radius 3 is 1.40 bits per heavy atom. The zero-order valence-electron chi connectivity index (χ0n) is 38.7. The molecule has 2 aromatic rings. The highest BCUT2D eigenvalue weighted by Gasteiger charge is 2.34. The maximum atomic E-state index is 11.9. The topological polar surface area (TPSA) is 25.3 Å². The lowest BCUT2D eigenvalue weighted by molar-refractivity contribution is -0.345. The van der Waals surface area contributed by atoms with Crippen LogP contribution in [-0.4, -0.2) is 4.70 Å². The molecule has 0 bridgehead atoms. The minimum Gasteiger partial charge on any atom is -0.493 e. The van der Waals surface area contributed by atoms with E-state index in [0.29, 0.717) is 0 Å². The fourth-order valence-electron chi connectivity index (χ4n) is 9.09. The first-order chi connectivity index (χ1) is 28.6. The Morgan fingerprint density at radius 2 is 0.862 bits per heavy atom. The Kier molecular flexibility index (Phi) is 28.3. The molecule has 0 N–H and O–H groups in total. The lowest BCUT2D eigenvalue weighted by atomic mass is 9.94. The van der Waals surface area contributed by atoms with Gasteiger partial charge in [0.15, 0.2) is 0 Å². The predicted octanol–water partition coefficient (Wildman–Crippen LogP) is 19.1. The molecule has 324 valence electrons. The molecule has 0 radical (unpaired) electrons. The van der Waals surface area contributed by atoms with E-state index in [1.54, 1.807) is 0 Å². The lowest BCUT2D eigenvalue weighted by Crippen LogP contribution is -2.05. The third kappa shape index (κ3) is 20.0. The van der Waals surface area contributed by atoms with Crippen LogP contribution in [0.2, 0.25) is 0 Å². The monoisotopic (exact) mass is 791 g/mol. The summed E-state index contributed by atoms with van der Waals surface area (Å²) in [5.41, 5.74) is 21.4. The van der Waals surface area contributed by atoms with Crippen LogP contribution in [0.5, 0.6) is 0 Å². The number of hydrogen-bond donors (Lipinski definition) is 0. The van der Waals surface area contributed by atoms with Crippen LogP contribution in [-0.2, 0) is 12.8 Å². The Bertz CT molecular complexity index is 1440. The first kappa shape index (κ1) is 49.6. The van der Waals surface area contributed by atoms with Crippen LogP contribution in [0.4, 0.5) is 0 Å². The maximum Gasteiger partial charge on any atom is 0.211 e. The Morgan fingerprint density at radius 1 is 0.431 bits per heavy atom. The van der Waals surface area contributed by atoms with Crippen LogP contribution in [0.15, 0.2) is 71.8 Å². The SMILES string of the molecule is CCCCCCCCCCCCCCCCCCCCCCCCC=CCCc1ccccc1C1=C(C)C(CCCCCC)=C(c2ccc(CCCCC)cc2)[N+]1=[N-]. The summed E-state index contributed by atoms with van der Waals surface area (Å²) >= 11 is 0. The summed E-state index contributed by atoms with van der Waals surface area (Å²) in [5, 5.41) is 0. The first-order valence-electron chi connectivity index (χ1n) is 25.4. The van der Waals surface area contributed by atoms with Gasteiger partial charge in [-0.1, -0.05) is 230 Å². The standard InChI is InChI=1S/C56H90N2/c1-5-8-11-13-14-15-16-17-18-19-20-21-22-23-24-25-26-27-28-29-30-31-32-33-34-36-41-51-42-38-39-44-54(51)55-49(4)53(43-37-12-9-6-2)56(58(55)57)52-47-45-50(46-48-52)40-35-10-7-3/h33-34,38-39,42,44-48H,5-32,35-37,40-41,43H2,1-4H3. The van der Waals surface area contributed by atoms with Gasteiger partial charge in [-0.05, 0) is 87.6 Å². The van der Waals surface area contributed by atoms with Gasteiger partial charge in [0.25, 0.3) is 0 Å². The molecule has 0 aliphatic carbocycles.